The molecule has 0 spiro atoms. The Kier molecular flexibility index (Phi) is 4.06. The van der Waals surface area contributed by atoms with Crippen LogP contribution in [0.15, 0.2) is 30.9 Å². The van der Waals surface area contributed by atoms with Crippen molar-refractivity contribution < 1.29 is 14.3 Å². The summed E-state index contributed by atoms with van der Waals surface area (Å²) in [5, 5.41) is 4.01. The fraction of sp³-hybridized carbons (Fsp3) is 0.471. The van der Waals surface area contributed by atoms with E-state index in [1.807, 2.05) is 23.1 Å². The summed E-state index contributed by atoms with van der Waals surface area (Å²) in [7, 11) is 0. The van der Waals surface area contributed by atoms with Crippen molar-refractivity contribution in [2.24, 2.45) is 0 Å². The summed E-state index contributed by atoms with van der Waals surface area (Å²) in [6, 6.07) is 6.10. The third-order valence-electron chi connectivity index (χ3n) is 4.49. The van der Waals surface area contributed by atoms with Gasteiger partial charge in [0, 0.05) is 13.0 Å². The van der Waals surface area contributed by atoms with Gasteiger partial charge in [-0.05, 0) is 30.5 Å². The fourth-order valence-electron chi connectivity index (χ4n) is 3.34. The zero-order valence-electron chi connectivity index (χ0n) is 13.4. The number of ether oxygens (including phenoxy) is 2. The number of nitrogens with zero attached hydrogens (tertiary/aromatic N) is 4. The summed E-state index contributed by atoms with van der Waals surface area (Å²) < 4.78 is 13.0. The molecule has 24 heavy (non-hydrogen) atoms. The van der Waals surface area contributed by atoms with Gasteiger partial charge in [0.2, 0.25) is 5.91 Å². The van der Waals surface area contributed by atoms with E-state index in [9.17, 15) is 4.79 Å². The molecule has 1 aromatic heterocycles. The lowest BCUT2D eigenvalue weighted by atomic mass is 10.0. The number of carbonyl (C=O) groups is 1. The first-order valence-corrected chi connectivity index (χ1v) is 8.33. The summed E-state index contributed by atoms with van der Waals surface area (Å²) in [5.74, 6) is 1.63. The summed E-state index contributed by atoms with van der Waals surface area (Å²) in [6.07, 6.45) is 5.86. The van der Waals surface area contributed by atoms with Gasteiger partial charge in [-0.2, -0.15) is 5.10 Å². The quantitative estimate of drug-likeness (QED) is 0.859. The van der Waals surface area contributed by atoms with Crippen LogP contribution in [0.2, 0.25) is 0 Å². The predicted octanol–water partition coefficient (Wildman–Crippen LogP) is 1.80. The highest BCUT2D eigenvalue weighted by molar-refractivity contribution is 5.76. The molecule has 1 aromatic carbocycles. The molecule has 0 bridgehead atoms. The van der Waals surface area contributed by atoms with Crippen LogP contribution < -0.4 is 9.47 Å². The lowest BCUT2D eigenvalue weighted by Crippen LogP contribution is -2.33. The van der Waals surface area contributed by atoms with Gasteiger partial charge in [0.15, 0.2) is 11.5 Å². The number of aromatic nitrogens is 3. The average molecular weight is 328 g/mol. The minimum atomic E-state index is 0.0649. The molecular weight excluding hydrogens is 308 g/mol. The number of hydrogen-bond donors (Lipinski definition) is 0. The number of likely N-dealkylation sites (tertiary alicyclic amines) is 1. The van der Waals surface area contributed by atoms with Crippen LogP contribution in [0.4, 0.5) is 0 Å². The molecule has 7 heteroatoms. The Balaban J connectivity index is 1.54. The normalized spacial score (nSPS) is 20.0. The average Bonchev–Trinajstić information content (AvgIpc) is 3.22. The van der Waals surface area contributed by atoms with Crippen LogP contribution in [0.3, 0.4) is 0 Å². The van der Waals surface area contributed by atoms with Gasteiger partial charge in [0.1, 0.15) is 19.2 Å². The minimum Gasteiger partial charge on any atom is -0.490 e. The molecule has 2 aromatic rings. The van der Waals surface area contributed by atoms with E-state index in [0.29, 0.717) is 13.2 Å². The van der Waals surface area contributed by atoms with Crippen LogP contribution in [-0.2, 0) is 11.3 Å². The molecule has 0 radical (unpaired) electrons. The van der Waals surface area contributed by atoms with Crippen LogP contribution in [0.1, 0.15) is 30.9 Å². The molecule has 2 aliphatic heterocycles. The number of benzene rings is 1. The molecule has 126 valence electrons. The van der Waals surface area contributed by atoms with E-state index in [1.165, 1.54) is 6.33 Å². The molecule has 0 aliphatic carbocycles. The Labute approximate surface area is 140 Å². The summed E-state index contributed by atoms with van der Waals surface area (Å²) in [4.78, 5) is 18.4. The Morgan fingerprint density at radius 2 is 2.08 bits per heavy atom. The number of amides is 1. The van der Waals surface area contributed by atoms with Crippen LogP contribution in [0, 0.1) is 0 Å². The molecule has 3 heterocycles. The van der Waals surface area contributed by atoms with Crippen molar-refractivity contribution in [2.75, 3.05) is 19.8 Å². The van der Waals surface area contributed by atoms with Crippen molar-refractivity contribution in [1.29, 1.82) is 0 Å². The van der Waals surface area contributed by atoms with Crippen molar-refractivity contribution in [3.05, 3.63) is 36.4 Å². The van der Waals surface area contributed by atoms with Gasteiger partial charge in [-0.25, -0.2) is 9.67 Å². The van der Waals surface area contributed by atoms with Crippen molar-refractivity contribution in [1.82, 2.24) is 19.7 Å². The maximum absolute atomic E-state index is 12.6. The number of fused-ring (bicyclic) bond motifs is 1. The molecule has 1 amide bonds. The zero-order valence-corrected chi connectivity index (χ0v) is 13.4. The Morgan fingerprint density at radius 1 is 1.21 bits per heavy atom. The van der Waals surface area contributed by atoms with Gasteiger partial charge in [0.05, 0.1) is 19.3 Å². The smallest absolute Gasteiger partial charge is 0.244 e. The molecule has 7 nitrogen and oxygen atoms in total. The first-order valence-electron chi connectivity index (χ1n) is 8.33. The van der Waals surface area contributed by atoms with E-state index >= 15 is 0 Å². The van der Waals surface area contributed by atoms with Crippen molar-refractivity contribution in [3.63, 3.8) is 0 Å². The highest BCUT2D eigenvalue weighted by Gasteiger charge is 2.30. The first kappa shape index (κ1) is 15.0. The van der Waals surface area contributed by atoms with Crippen LogP contribution in [0.5, 0.6) is 11.5 Å². The van der Waals surface area contributed by atoms with Crippen LogP contribution >= 0.6 is 0 Å². The highest BCUT2D eigenvalue weighted by Crippen LogP contribution is 2.37. The van der Waals surface area contributed by atoms with Gasteiger partial charge in [0.25, 0.3) is 0 Å². The number of hydrogen-bond acceptors (Lipinski definition) is 5. The van der Waals surface area contributed by atoms with E-state index in [1.54, 1.807) is 11.0 Å². The summed E-state index contributed by atoms with van der Waals surface area (Å²) >= 11 is 0. The monoisotopic (exact) mass is 328 g/mol. The predicted molar refractivity (Wildman–Crippen MR) is 85.8 cm³/mol. The molecule has 4 rings (SSSR count). The summed E-state index contributed by atoms with van der Waals surface area (Å²) in [5.41, 5.74) is 1.10. The van der Waals surface area contributed by atoms with Gasteiger partial charge >= 0.3 is 0 Å². The second-order valence-corrected chi connectivity index (χ2v) is 6.09. The molecule has 0 saturated carbocycles. The number of rotatable bonds is 3. The van der Waals surface area contributed by atoms with E-state index in [0.717, 1.165) is 42.9 Å². The molecule has 1 fully saturated rings. The van der Waals surface area contributed by atoms with E-state index < -0.39 is 0 Å². The summed E-state index contributed by atoms with van der Waals surface area (Å²) in [6.45, 7) is 2.34. The van der Waals surface area contributed by atoms with Crippen molar-refractivity contribution >= 4 is 5.91 Å². The number of carbonyl (C=O) groups excluding carboxylic acids is 1. The third kappa shape index (κ3) is 2.93. The first-order chi connectivity index (χ1) is 11.8. The standard InChI is InChI=1S/C17H20N4O3/c22-17(10-20-12-18-11-19-20)21-6-1-3-14(21)13-4-5-15-16(9-13)24-8-2-7-23-15/h4-5,9,11-12,14H,1-3,6-8,10H2. The van der Waals surface area contributed by atoms with E-state index in [-0.39, 0.29) is 18.5 Å². The molecule has 1 unspecified atom stereocenters. The lowest BCUT2D eigenvalue weighted by Gasteiger charge is -2.25. The van der Waals surface area contributed by atoms with E-state index in [4.69, 9.17) is 9.47 Å². The zero-order chi connectivity index (χ0) is 16.4. The van der Waals surface area contributed by atoms with Gasteiger partial charge < -0.3 is 14.4 Å². The molecular formula is C17H20N4O3. The SMILES string of the molecule is O=C(Cn1cncn1)N1CCCC1c1ccc2c(c1)OCCCO2. The maximum atomic E-state index is 12.6. The van der Waals surface area contributed by atoms with Crippen molar-refractivity contribution in [2.45, 2.75) is 31.8 Å². The van der Waals surface area contributed by atoms with Gasteiger partial charge in [-0.1, -0.05) is 6.07 Å². The van der Waals surface area contributed by atoms with E-state index in [2.05, 4.69) is 10.1 Å². The Morgan fingerprint density at radius 3 is 2.92 bits per heavy atom. The Bertz CT molecular complexity index is 717. The highest BCUT2D eigenvalue weighted by atomic mass is 16.5. The van der Waals surface area contributed by atoms with Crippen LogP contribution in [0.25, 0.3) is 0 Å². The Hall–Kier alpha value is -2.57. The van der Waals surface area contributed by atoms with Gasteiger partial charge in [-0.3, -0.25) is 4.79 Å². The molecule has 2 aliphatic rings. The molecule has 1 atom stereocenters. The second-order valence-electron chi connectivity index (χ2n) is 6.09. The third-order valence-corrected chi connectivity index (χ3v) is 4.49. The topological polar surface area (TPSA) is 69.5 Å². The fourth-order valence-corrected chi connectivity index (χ4v) is 3.34. The maximum Gasteiger partial charge on any atom is 0.244 e. The second kappa shape index (κ2) is 6.51. The largest absolute Gasteiger partial charge is 0.490 e. The molecule has 0 N–H and O–H groups in total. The minimum absolute atomic E-state index is 0.0649. The van der Waals surface area contributed by atoms with Crippen molar-refractivity contribution in [3.8, 4) is 11.5 Å². The lowest BCUT2D eigenvalue weighted by molar-refractivity contribution is -0.133. The van der Waals surface area contributed by atoms with Crippen LogP contribution in [-0.4, -0.2) is 45.3 Å². The van der Waals surface area contributed by atoms with Gasteiger partial charge in [-0.15, -0.1) is 0 Å². The molecule has 1 saturated heterocycles.